The monoisotopic (exact) mass is 601 g/mol. The summed E-state index contributed by atoms with van der Waals surface area (Å²) in [5, 5.41) is 53.5. The molecule has 1 aliphatic rings. The van der Waals surface area contributed by atoms with E-state index in [-0.39, 0.29) is 12.5 Å². The highest BCUT2D eigenvalue weighted by Crippen LogP contribution is 2.22. The molecule has 9 nitrogen and oxygen atoms in total. The highest BCUT2D eigenvalue weighted by atomic mass is 16.7. The van der Waals surface area contributed by atoms with E-state index in [1.54, 1.807) is 6.08 Å². The lowest BCUT2D eigenvalue weighted by atomic mass is 9.99. The van der Waals surface area contributed by atoms with Crippen LogP contribution in [-0.2, 0) is 14.3 Å². The molecule has 0 bridgehead atoms. The fraction of sp³-hybridized carbons (Fsp3) is 0.909. The lowest BCUT2D eigenvalue weighted by molar-refractivity contribution is -0.302. The molecular formula is C33H63NO8. The maximum Gasteiger partial charge on any atom is 0.220 e. The van der Waals surface area contributed by atoms with Gasteiger partial charge in [0, 0.05) is 6.42 Å². The summed E-state index contributed by atoms with van der Waals surface area (Å²) in [5.41, 5.74) is 0. The zero-order chi connectivity index (χ0) is 31.0. The van der Waals surface area contributed by atoms with Gasteiger partial charge in [0.1, 0.15) is 24.4 Å². The molecule has 0 aromatic carbocycles. The van der Waals surface area contributed by atoms with Crippen LogP contribution in [0.3, 0.4) is 0 Å². The minimum absolute atomic E-state index is 0.185. The summed E-state index contributed by atoms with van der Waals surface area (Å²) in [6.45, 7) is 3.67. The molecule has 42 heavy (non-hydrogen) atoms. The first-order valence-corrected chi connectivity index (χ1v) is 16.9. The number of amides is 1. The van der Waals surface area contributed by atoms with Crippen molar-refractivity contribution in [3.63, 3.8) is 0 Å². The molecule has 6 N–H and O–H groups in total. The van der Waals surface area contributed by atoms with E-state index < -0.39 is 49.5 Å². The number of carbonyl (C=O) groups excluding carboxylic acids is 1. The van der Waals surface area contributed by atoms with Crippen molar-refractivity contribution < 1.29 is 39.8 Å². The molecule has 0 aromatic rings. The molecule has 248 valence electrons. The van der Waals surface area contributed by atoms with Crippen molar-refractivity contribution in [3.05, 3.63) is 12.2 Å². The van der Waals surface area contributed by atoms with Gasteiger partial charge in [0.25, 0.3) is 0 Å². The van der Waals surface area contributed by atoms with Gasteiger partial charge in [-0.3, -0.25) is 4.79 Å². The van der Waals surface area contributed by atoms with Crippen molar-refractivity contribution in [2.75, 3.05) is 13.2 Å². The third kappa shape index (κ3) is 17.3. The minimum Gasteiger partial charge on any atom is -0.394 e. The Hall–Kier alpha value is -1.07. The molecule has 1 fully saturated rings. The van der Waals surface area contributed by atoms with Crippen LogP contribution >= 0.6 is 0 Å². The Morgan fingerprint density at radius 1 is 0.786 bits per heavy atom. The molecule has 0 aliphatic carbocycles. The van der Waals surface area contributed by atoms with Crippen molar-refractivity contribution >= 4 is 5.91 Å². The lowest BCUT2D eigenvalue weighted by Crippen LogP contribution is -2.60. The van der Waals surface area contributed by atoms with E-state index >= 15 is 0 Å². The molecule has 7 atom stereocenters. The van der Waals surface area contributed by atoms with Crippen LogP contribution < -0.4 is 5.32 Å². The zero-order valence-electron chi connectivity index (χ0n) is 26.5. The molecular weight excluding hydrogens is 538 g/mol. The van der Waals surface area contributed by atoms with Crippen molar-refractivity contribution in [2.45, 2.75) is 179 Å². The number of allylic oxidation sites excluding steroid dienone is 1. The van der Waals surface area contributed by atoms with Gasteiger partial charge in [0.05, 0.1) is 25.4 Å². The van der Waals surface area contributed by atoms with Gasteiger partial charge in [-0.2, -0.15) is 0 Å². The highest BCUT2D eigenvalue weighted by molar-refractivity contribution is 5.76. The smallest absolute Gasteiger partial charge is 0.220 e. The molecule has 0 spiro atoms. The first kappa shape index (κ1) is 39.0. The molecule has 0 radical (unpaired) electrons. The first-order valence-electron chi connectivity index (χ1n) is 16.9. The second-order valence-corrected chi connectivity index (χ2v) is 12.0. The van der Waals surface area contributed by atoms with Gasteiger partial charge in [-0.05, 0) is 19.3 Å². The SMILES string of the molecule is CCCCCCCCCCCC/C=C/C(O)C(COC1OC(CO)C(O)C(O)C1O)NC(=O)CCCCCCCCC. The Bertz CT molecular complexity index is 676. The van der Waals surface area contributed by atoms with Gasteiger partial charge in [0.15, 0.2) is 6.29 Å². The van der Waals surface area contributed by atoms with E-state index in [2.05, 4.69) is 19.2 Å². The van der Waals surface area contributed by atoms with Crippen LogP contribution in [-0.4, -0.2) is 87.5 Å². The predicted molar refractivity (Wildman–Crippen MR) is 166 cm³/mol. The van der Waals surface area contributed by atoms with Crippen molar-refractivity contribution in [2.24, 2.45) is 0 Å². The van der Waals surface area contributed by atoms with Crippen molar-refractivity contribution in [3.8, 4) is 0 Å². The number of carbonyl (C=O) groups is 1. The van der Waals surface area contributed by atoms with E-state index in [9.17, 15) is 30.3 Å². The van der Waals surface area contributed by atoms with Gasteiger partial charge < -0.3 is 40.3 Å². The Labute approximate surface area is 255 Å². The Morgan fingerprint density at radius 2 is 1.31 bits per heavy atom. The van der Waals surface area contributed by atoms with Crippen LogP contribution in [0, 0.1) is 0 Å². The number of hydrogen-bond acceptors (Lipinski definition) is 8. The summed E-state index contributed by atoms with van der Waals surface area (Å²) < 4.78 is 11.1. The highest BCUT2D eigenvalue weighted by Gasteiger charge is 2.44. The Kier molecular flexibility index (Phi) is 23.4. The topological polar surface area (TPSA) is 149 Å². The number of rotatable bonds is 26. The van der Waals surface area contributed by atoms with Crippen LogP contribution in [0.1, 0.15) is 136 Å². The van der Waals surface area contributed by atoms with E-state index in [0.717, 1.165) is 38.5 Å². The van der Waals surface area contributed by atoms with E-state index in [0.29, 0.717) is 6.42 Å². The minimum atomic E-state index is -1.56. The standard InChI is InChI=1S/C33H63NO8/c1-3-5-7-9-11-12-13-14-15-17-18-20-22-27(36)26(34-29(37)23-21-19-16-10-8-6-4-2)25-41-33-32(40)31(39)30(38)28(24-35)42-33/h20,22,26-28,30-33,35-36,38-40H,3-19,21,23-25H2,1-2H3,(H,34,37)/b22-20+. The molecule has 0 saturated carbocycles. The summed E-state index contributed by atoms with van der Waals surface area (Å²) in [7, 11) is 0. The quantitative estimate of drug-likeness (QED) is 0.0620. The Balaban J connectivity index is 2.53. The summed E-state index contributed by atoms with van der Waals surface area (Å²) in [4.78, 5) is 12.7. The maximum absolute atomic E-state index is 12.7. The fourth-order valence-corrected chi connectivity index (χ4v) is 5.27. The van der Waals surface area contributed by atoms with Gasteiger partial charge in [-0.1, -0.05) is 122 Å². The molecule has 1 heterocycles. The number of nitrogens with one attached hydrogen (secondary N) is 1. The van der Waals surface area contributed by atoms with Crippen LogP contribution in [0.5, 0.6) is 0 Å². The normalized spacial score (nSPS) is 24.2. The molecule has 1 amide bonds. The summed E-state index contributed by atoms with van der Waals surface area (Å²) in [6, 6.07) is -0.793. The van der Waals surface area contributed by atoms with Crippen molar-refractivity contribution in [1.29, 1.82) is 0 Å². The number of ether oxygens (including phenoxy) is 2. The molecule has 0 aromatic heterocycles. The summed E-state index contributed by atoms with van der Waals surface area (Å²) in [5.74, 6) is -0.187. The maximum atomic E-state index is 12.7. The third-order valence-corrected chi connectivity index (χ3v) is 8.11. The molecule has 7 unspecified atom stereocenters. The molecule has 1 aliphatic heterocycles. The summed E-state index contributed by atoms with van der Waals surface area (Å²) >= 11 is 0. The second-order valence-electron chi connectivity index (χ2n) is 12.0. The second kappa shape index (κ2) is 25.3. The largest absolute Gasteiger partial charge is 0.394 e. The van der Waals surface area contributed by atoms with Gasteiger partial charge in [0.2, 0.25) is 5.91 Å². The fourth-order valence-electron chi connectivity index (χ4n) is 5.27. The van der Waals surface area contributed by atoms with Crippen LogP contribution in [0.15, 0.2) is 12.2 Å². The lowest BCUT2D eigenvalue weighted by Gasteiger charge is -2.40. The first-order chi connectivity index (χ1) is 20.3. The molecule has 9 heteroatoms. The van der Waals surface area contributed by atoms with Crippen LogP contribution in [0.4, 0.5) is 0 Å². The van der Waals surface area contributed by atoms with Gasteiger partial charge >= 0.3 is 0 Å². The average Bonchev–Trinajstić information content (AvgIpc) is 2.98. The molecule has 1 saturated heterocycles. The average molecular weight is 602 g/mol. The number of hydrogen-bond donors (Lipinski definition) is 6. The van der Waals surface area contributed by atoms with Crippen molar-refractivity contribution in [1.82, 2.24) is 5.32 Å². The Morgan fingerprint density at radius 3 is 1.86 bits per heavy atom. The number of aliphatic hydroxyl groups is 5. The van der Waals surface area contributed by atoms with E-state index in [4.69, 9.17) is 9.47 Å². The predicted octanol–water partition coefficient (Wildman–Crippen LogP) is 4.66. The molecule has 1 rings (SSSR count). The van der Waals surface area contributed by atoms with E-state index in [1.165, 1.54) is 77.0 Å². The third-order valence-electron chi connectivity index (χ3n) is 8.11. The summed E-state index contributed by atoms with van der Waals surface area (Å²) in [6.07, 6.45) is 17.0. The number of aliphatic hydroxyl groups excluding tert-OH is 5. The van der Waals surface area contributed by atoms with Gasteiger partial charge in [-0.25, -0.2) is 0 Å². The van der Waals surface area contributed by atoms with Gasteiger partial charge in [-0.15, -0.1) is 0 Å². The number of unbranched alkanes of at least 4 members (excludes halogenated alkanes) is 16. The van der Waals surface area contributed by atoms with E-state index in [1.807, 2.05) is 6.08 Å². The van der Waals surface area contributed by atoms with Crippen LogP contribution in [0.25, 0.3) is 0 Å². The van der Waals surface area contributed by atoms with Crippen LogP contribution in [0.2, 0.25) is 0 Å². The zero-order valence-corrected chi connectivity index (χ0v) is 26.5.